The van der Waals surface area contributed by atoms with Crippen LogP contribution in [0.3, 0.4) is 0 Å². The van der Waals surface area contributed by atoms with Gasteiger partial charge >= 0.3 is 5.97 Å². The third kappa shape index (κ3) is 7.14. The van der Waals surface area contributed by atoms with Crippen molar-refractivity contribution in [2.75, 3.05) is 0 Å². The molecular formula is C20H23N3O5. The molecule has 0 aliphatic heterocycles. The molecule has 28 heavy (non-hydrogen) atoms. The number of phenols is 1. The van der Waals surface area contributed by atoms with Crippen LogP contribution in [0.4, 0.5) is 17.1 Å². The lowest BCUT2D eigenvalue weighted by Gasteiger charge is -2.04. The number of hydrogen-bond acceptors (Lipinski definition) is 6. The Hall–Kier alpha value is -3.29. The Morgan fingerprint density at radius 3 is 2.29 bits per heavy atom. The summed E-state index contributed by atoms with van der Waals surface area (Å²) in [5.74, 6) is -0.717. The van der Waals surface area contributed by atoms with Crippen molar-refractivity contribution < 1.29 is 19.9 Å². The largest absolute Gasteiger partial charge is 0.506 e. The van der Waals surface area contributed by atoms with Crippen LogP contribution in [-0.4, -0.2) is 21.1 Å². The molecule has 0 aliphatic rings. The van der Waals surface area contributed by atoms with Crippen molar-refractivity contribution in [3.63, 3.8) is 0 Å². The Labute approximate surface area is 162 Å². The number of carboxylic acids is 1. The van der Waals surface area contributed by atoms with Gasteiger partial charge in [0.05, 0.1) is 10.6 Å². The molecule has 0 amide bonds. The number of nitro groups is 1. The van der Waals surface area contributed by atoms with Gasteiger partial charge < -0.3 is 10.2 Å². The Morgan fingerprint density at radius 1 is 0.964 bits per heavy atom. The fourth-order valence-electron chi connectivity index (χ4n) is 2.70. The summed E-state index contributed by atoms with van der Waals surface area (Å²) in [6, 6.07) is 10.9. The number of nitrogens with zero attached hydrogens (tertiary/aromatic N) is 3. The molecule has 0 unspecified atom stereocenters. The van der Waals surface area contributed by atoms with Gasteiger partial charge in [-0.3, -0.25) is 14.9 Å². The number of aryl methyl sites for hydroxylation is 1. The number of azo groups is 1. The van der Waals surface area contributed by atoms with E-state index in [4.69, 9.17) is 5.11 Å². The van der Waals surface area contributed by atoms with Gasteiger partial charge in [-0.15, -0.1) is 5.11 Å². The van der Waals surface area contributed by atoms with Crippen molar-refractivity contribution >= 4 is 23.0 Å². The number of carboxylic acid groups (broad SMARTS) is 1. The van der Waals surface area contributed by atoms with Gasteiger partial charge in [0.25, 0.3) is 5.69 Å². The number of unbranched alkanes of at least 4 members (excludes halogenated alkanes) is 4. The first-order chi connectivity index (χ1) is 13.5. The van der Waals surface area contributed by atoms with Gasteiger partial charge in [-0.2, -0.15) is 5.11 Å². The zero-order chi connectivity index (χ0) is 20.4. The predicted octanol–water partition coefficient (Wildman–Crippen LogP) is 5.68. The fourth-order valence-corrected chi connectivity index (χ4v) is 2.70. The zero-order valence-electron chi connectivity index (χ0n) is 15.5. The quantitative estimate of drug-likeness (QED) is 0.223. The normalized spacial score (nSPS) is 11.0. The lowest BCUT2D eigenvalue weighted by Crippen LogP contribution is -1.93. The van der Waals surface area contributed by atoms with Gasteiger partial charge in [-0.05, 0) is 49.1 Å². The number of phenolic OH excluding ortho intramolecular Hbond substituents is 1. The standard InChI is InChI=1S/C20H23N3O5/c24-19-14-15(6-4-2-1-3-5-7-20(25)26)8-13-18(19)22-21-16-9-11-17(12-10-16)23(27)28/h8-14,24H,1-7H2,(H,25,26). The molecule has 0 atom stereocenters. The third-order valence-corrected chi connectivity index (χ3v) is 4.23. The van der Waals surface area contributed by atoms with Crippen LogP contribution in [0, 0.1) is 10.1 Å². The first-order valence-corrected chi connectivity index (χ1v) is 9.15. The summed E-state index contributed by atoms with van der Waals surface area (Å²) in [6.07, 6.45) is 5.67. The second-order valence-electron chi connectivity index (χ2n) is 6.46. The molecule has 0 saturated heterocycles. The van der Waals surface area contributed by atoms with Gasteiger partial charge in [0, 0.05) is 18.6 Å². The van der Waals surface area contributed by atoms with Gasteiger partial charge in [0.2, 0.25) is 0 Å². The average Bonchev–Trinajstić information content (AvgIpc) is 2.66. The molecular weight excluding hydrogens is 362 g/mol. The van der Waals surface area contributed by atoms with E-state index in [1.807, 2.05) is 6.07 Å². The van der Waals surface area contributed by atoms with Crippen molar-refractivity contribution in [1.29, 1.82) is 0 Å². The van der Waals surface area contributed by atoms with E-state index in [0.717, 1.165) is 37.7 Å². The molecule has 2 aromatic carbocycles. The Morgan fingerprint density at radius 2 is 1.64 bits per heavy atom. The number of carbonyl (C=O) groups is 1. The van der Waals surface area contributed by atoms with Crippen molar-refractivity contribution in [2.45, 2.75) is 44.9 Å². The average molecular weight is 385 g/mol. The van der Waals surface area contributed by atoms with E-state index in [-0.39, 0.29) is 17.9 Å². The first kappa shape index (κ1) is 21.0. The van der Waals surface area contributed by atoms with Crippen LogP contribution >= 0.6 is 0 Å². The summed E-state index contributed by atoms with van der Waals surface area (Å²) in [6.45, 7) is 0. The predicted molar refractivity (Wildman–Crippen MR) is 104 cm³/mol. The van der Waals surface area contributed by atoms with Crippen LogP contribution in [0.2, 0.25) is 0 Å². The number of non-ortho nitro benzene ring substituents is 1. The molecule has 0 aromatic heterocycles. The van der Waals surface area contributed by atoms with Crippen LogP contribution in [0.25, 0.3) is 0 Å². The minimum atomic E-state index is -0.749. The van der Waals surface area contributed by atoms with Crippen LogP contribution in [0.15, 0.2) is 52.7 Å². The monoisotopic (exact) mass is 385 g/mol. The lowest BCUT2D eigenvalue weighted by atomic mass is 10.0. The van der Waals surface area contributed by atoms with Gasteiger partial charge in [0.1, 0.15) is 11.4 Å². The van der Waals surface area contributed by atoms with Crippen LogP contribution in [0.5, 0.6) is 5.75 Å². The maximum absolute atomic E-state index is 10.6. The van der Waals surface area contributed by atoms with E-state index >= 15 is 0 Å². The van der Waals surface area contributed by atoms with E-state index in [0.29, 0.717) is 17.8 Å². The number of aliphatic carboxylic acids is 1. The van der Waals surface area contributed by atoms with Crippen molar-refractivity contribution in [1.82, 2.24) is 0 Å². The highest BCUT2D eigenvalue weighted by Gasteiger charge is 2.05. The summed E-state index contributed by atoms with van der Waals surface area (Å²) in [5.41, 5.74) is 1.76. The van der Waals surface area contributed by atoms with Gasteiger partial charge in [-0.1, -0.05) is 25.3 Å². The molecule has 0 radical (unpaired) electrons. The molecule has 0 aliphatic carbocycles. The molecule has 0 bridgehead atoms. The fraction of sp³-hybridized carbons (Fsp3) is 0.350. The highest BCUT2D eigenvalue weighted by atomic mass is 16.6. The molecule has 0 spiro atoms. The summed E-state index contributed by atoms with van der Waals surface area (Å²) in [7, 11) is 0. The Bertz CT molecular complexity index is 834. The van der Waals surface area contributed by atoms with Crippen molar-refractivity contribution in [3.8, 4) is 5.75 Å². The second-order valence-corrected chi connectivity index (χ2v) is 6.46. The second kappa shape index (κ2) is 10.8. The summed E-state index contributed by atoms with van der Waals surface area (Å²) in [4.78, 5) is 20.6. The van der Waals surface area contributed by atoms with E-state index in [9.17, 15) is 20.0 Å². The maximum Gasteiger partial charge on any atom is 0.303 e. The van der Waals surface area contributed by atoms with Crippen LogP contribution in [0.1, 0.15) is 44.1 Å². The maximum atomic E-state index is 10.6. The number of aromatic hydroxyl groups is 1. The summed E-state index contributed by atoms with van der Waals surface area (Å²) in [5, 5.41) is 37.3. The molecule has 8 nitrogen and oxygen atoms in total. The van der Waals surface area contributed by atoms with Gasteiger partial charge in [0.15, 0.2) is 0 Å². The Balaban J connectivity index is 1.81. The molecule has 0 saturated carbocycles. The number of hydrogen-bond donors (Lipinski definition) is 2. The molecule has 148 valence electrons. The highest BCUT2D eigenvalue weighted by Crippen LogP contribution is 2.30. The van der Waals surface area contributed by atoms with E-state index in [1.54, 1.807) is 12.1 Å². The van der Waals surface area contributed by atoms with E-state index < -0.39 is 10.9 Å². The topological polar surface area (TPSA) is 125 Å². The minimum Gasteiger partial charge on any atom is -0.506 e. The van der Waals surface area contributed by atoms with Crippen LogP contribution < -0.4 is 0 Å². The molecule has 0 heterocycles. The molecule has 8 heteroatoms. The van der Waals surface area contributed by atoms with Gasteiger partial charge in [-0.25, -0.2) is 0 Å². The first-order valence-electron chi connectivity index (χ1n) is 9.15. The smallest absolute Gasteiger partial charge is 0.303 e. The number of benzene rings is 2. The number of rotatable bonds is 11. The zero-order valence-corrected chi connectivity index (χ0v) is 15.5. The molecule has 2 aromatic rings. The lowest BCUT2D eigenvalue weighted by molar-refractivity contribution is -0.384. The summed E-state index contributed by atoms with van der Waals surface area (Å²) < 4.78 is 0. The highest BCUT2D eigenvalue weighted by molar-refractivity contribution is 5.66. The molecule has 0 fully saturated rings. The minimum absolute atomic E-state index is 0.0203. The number of nitro benzene ring substituents is 1. The SMILES string of the molecule is O=C(O)CCCCCCCc1ccc(N=Nc2ccc([N+](=O)[O-])cc2)c(O)c1. The van der Waals surface area contributed by atoms with Crippen molar-refractivity contribution in [2.24, 2.45) is 10.2 Å². The van der Waals surface area contributed by atoms with E-state index in [2.05, 4.69) is 10.2 Å². The van der Waals surface area contributed by atoms with E-state index in [1.165, 1.54) is 24.3 Å². The van der Waals surface area contributed by atoms with Crippen molar-refractivity contribution in [3.05, 3.63) is 58.1 Å². The van der Waals surface area contributed by atoms with Crippen LogP contribution in [-0.2, 0) is 11.2 Å². The Kier molecular flexibility index (Phi) is 8.08. The molecule has 2 N–H and O–H groups in total. The third-order valence-electron chi connectivity index (χ3n) is 4.23. The molecule has 2 rings (SSSR count). The summed E-state index contributed by atoms with van der Waals surface area (Å²) >= 11 is 0.